The van der Waals surface area contributed by atoms with Crippen molar-refractivity contribution in [1.82, 2.24) is 4.31 Å². The van der Waals surface area contributed by atoms with Gasteiger partial charge in [0.05, 0.1) is 30.0 Å². The Hall–Kier alpha value is -3.80. The maximum Gasteiger partial charge on any atom is 0.270 e. The number of anilines is 1. The zero-order chi connectivity index (χ0) is 24.7. The molecule has 1 aliphatic rings. The summed E-state index contributed by atoms with van der Waals surface area (Å²) in [6.45, 7) is 1.29. The molecule has 0 aliphatic carbocycles. The molecule has 0 bridgehead atoms. The van der Waals surface area contributed by atoms with Crippen LogP contribution in [0, 0.1) is 10.1 Å². The van der Waals surface area contributed by atoms with E-state index in [2.05, 4.69) is 10.5 Å². The number of hydrazone groups is 1. The number of nitro groups is 1. The Morgan fingerprint density at radius 3 is 2.57 bits per heavy atom. The van der Waals surface area contributed by atoms with Crippen LogP contribution in [0.15, 0.2) is 82.8 Å². The molecule has 0 amide bonds. The van der Waals surface area contributed by atoms with E-state index in [-0.39, 0.29) is 42.6 Å². The molecule has 3 aromatic carbocycles. The maximum absolute atomic E-state index is 13.2. The zero-order valence-corrected chi connectivity index (χ0v) is 19.6. The van der Waals surface area contributed by atoms with Crippen molar-refractivity contribution in [3.8, 4) is 5.75 Å². The van der Waals surface area contributed by atoms with Crippen LogP contribution in [-0.4, -0.2) is 50.2 Å². The van der Waals surface area contributed by atoms with Crippen molar-refractivity contribution in [3.63, 3.8) is 0 Å². The third-order valence-electron chi connectivity index (χ3n) is 5.27. The fourth-order valence-corrected chi connectivity index (χ4v) is 5.03. The third kappa shape index (κ3) is 6.21. The van der Waals surface area contributed by atoms with E-state index in [1.165, 1.54) is 22.7 Å². The quantitative estimate of drug-likeness (QED) is 0.272. The molecule has 4 rings (SSSR count). The number of ether oxygens (including phenoxy) is 2. The van der Waals surface area contributed by atoms with E-state index in [1.54, 1.807) is 6.07 Å². The lowest BCUT2D eigenvalue weighted by molar-refractivity contribution is -0.385. The molecule has 1 heterocycles. The van der Waals surface area contributed by atoms with Gasteiger partial charge in [-0.2, -0.15) is 9.41 Å². The van der Waals surface area contributed by atoms with Crippen LogP contribution >= 0.6 is 0 Å². The molecular weight excluding hydrogens is 472 g/mol. The van der Waals surface area contributed by atoms with E-state index in [9.17, 15) is 18.5 Å². The monoisotopic (exact) mass is 496 g/mol. The van der Waals surface area contributed by atoms with Crippen LogP contribution in [0.3, 0.4) is 0 Å². The average molecular weight is 497 g/mol. The summed E-state index contributed by atoms with van der Waals surface area (Å²) in [5.41, 5.74) is 4.30. The van der Waals surface area contributed by atoms with Gasteiger partial charge in [-0.25, -0.2) is 8.42 Å². The number of nitrogens with zero attached hydrogens (tertiary/aromatic N) is 3. The fraction of sp³-hybridized carbons (Fsp3) is 0.208. The molecule has 0 saturated carbocycles. The molecule has 1 saturated heterocycles. The number of hydrogen-bond acceptors (Lipinski definition) is 8. The predicted octanol–water partition coefficient (Wildman–Crippen LogP) is 3.64. The van der Waals surface area contributed by atoms with E-state index in [0.717, 1.165) is 17.2 Å². The first-order valence-corrected chi connectivity index (χ1v) is 12.3. The number of hydrogen-bond donors (Lipinski definition) is 1. The molecule has 1 fully saturated rings. The van der Waals surface area contributed by atoms with Crippen LogP contribution in [0.25, 0.3) is 0 Å². The Kier molecular flexibility index (Phi) is 7.70. The number of non-ortho nitro benzene ring substituents is 1. The van der Waals surface area contributed by atoms with Crippen molar-refractivity contribution in [2.75, 3.05) is 31.7 Å². The summed E-state index contributed by atoms with van der Waals surface area (Å²) < 4.78 is 38.7. The molecule has 0 atom stereocenters. The molecule has 0 aromatic heterocycles. The minimum Gasteiger partial charge on any atom is -0.489 e. The number of rotatable bonds is 9. The summed E-state index contributed by atoms with van der Waals surface area (Å²) >= 11 is 0. The van der Waals surface area contributed by atoms with Crippen LogP contribution in [0.2, 0.25) is 0 Å². The highest BCUT2D eigenvalue weighted by Crippen LogP contribution is 2.29. The van der Waals surface area contributed by atoms with Crippen molar-refractivity contribution >= 4 is 27.6 Å². The Balaban J connectivity index is 1.51. The Bertz CT molecular complexity index is 1310. The van der Waals surface area contributed by atoms with Gasteiger partial charge in [-0.05, 0) is 29.3 Å². The molecule has 0 unspecified atom stereocenters. The summed E-state index contributed by atoms with van der Waals surface area (Å²) in [6.07, 6.45) is 1.52. The van der Waals surface area contributed by atoms with Gasteiger partial charge in [-0.1, -0.05) is 42.5 Å². The van der Waals surface area contributed by atoms with E-state index in [1.807, 2.05) is 48.5 Å². The minimum atomic E-state index is -3.99. The second-order valence-corrected chi connectivity index (χ2v) is 9.58. The topological polar surface area (TPSA) is 123 Å². The van der Waals surface area contributed by atoms with Crippen molar-refractivity contribution in [1.29, 1.82) is 0 Å². The number of nitro benzene ring substituents is 1. The fourth-order valence-electron chi connectivity index (χ4n) is 3.46. The van der Waals surface area contributed by atoms with Gasteiger partial charge in [0, 0.05) is 25.2 Å². The largest absolute Gasteiger partial charge is 0.489 e. The molecule has 11 heteroatoms. The highest BCUT2D eigenvalue weighted by molar-refractivity contribution is 7.89. The van der Waals surface area contributed by atoms with E-state index in [0.29, 0.717) is 12.4 Å². The van der Waals surface area contributed by atoms with Gasteiger partial charge >= 0.3 is 0 Å². The van der Waals surface area contributed by atoms with Crippen LogP contribution in [0.5, 0.6) is 5.75 Å². The second-order valence-electron chi connectivity index (χ2n) is 7.67. The smallest absolute Gasteiger partial charge is 0.270 e. The predicted molar refractivity (Wildman–Crippen MR) is 131 cm³/mol. The summed E-state index contributed by atoms with van der Waals surface area (Å²) in [5.74, 6) is 0.656. The summed E-state index contributed by atoms with van der Waals surface area (Å²) in [6, 6.07) is 20.7. The van der Waals surface area contributed by atoms with E-state index in [4.69, 9.17) is 9.47 Å². The van der Waals surface area contributed by atoms with Crippen molar-refractivity contribution in [3.05, 3.63) is 94.0 Å². The van der Waals surface area contributed by atoms with E-state index < -0.39 is 14.9 Å². The molecule has 10 nitrogen and oxygen atoms in total. The standard InChI is InChI=1S/C24H24N4O6S/c29-28(30)21-9-10-23(24(16-21)35(31,32)27-11-13-33-14-12-27)26-25-17-20-7-4-8-22(15-20)34-18-19-5-2-1-3-6-19/h1-10,15-17,26H,11-14,18H2. The zero-order valence-electron chi connectivity index (χ0n) is 18.7. The molecule has 35 heavy (non-hydrogen) atoms. The third-order valence-corrected chi connectivity index (χ3v) is 7.21. The lowest BCUT2D eigenvalue weighted by Gasteiger charge is -2.26. The maximum atomic E-state index is 13.2. The van der Waals surface area contributed by atoms with E-state index >= 15 is 0 Å². The summed E-state index contributed by atoms with van der Waals surface area (Å²) in [7, 11) is -3.99. The molecule has 0 radical (unpaired) electrons. The normalized spacial score (nSPS) is 14.6. The highest BCUT2D eigenvalue weighted by Gasteiger charge is 2.30. The van der Waals surface area contributed by atoms with Gasteiger partial charge in [0.1, 0.15) is 17.3 Å². The number of sulfonamides is 1. The lowest BCUT2D eigenvalue weighted by Crippen LogP contribution is -2.40. The highest BCUT2D eigenvalue weighted by atomic mass is 32.2. The Labute approximate surface area is 203 Å². The van der Waals surface area contributed by atoms with Crippen LogP contribution in [0.1, 0.15) is 11.1 Å². The molecule has 1 aliphatic heterocycles. The number of benzene rings is 3. The lowest BCUT2D eigenvalue weighted by atomic mass is 10.2. The molecular formula is C24H24N4O6S. The SMILES string of the molecule is O=[N+]([O-])c1ccc(NN=Cc2cccc(OCc3ccccc3)c2)c(S(=O)(=O)N2CCOCC2)c1. The van der Waals surface area contributed by atoms with Gasteiger partial charge in [0.2, 0.25) is 10.0 Å². The number of morpholine rings is 1. The first kappa shape index (κ1) is 24.3. The van der Waals surface area contributed by atoms with Gasteiger partial charge < -0.3 is 9.47 Å². The van der Waals surface area contributed by atoms with Crippen LogP contribution < -0.4 is 10.2 Å². The van der Waals surface area contributed by atoms with Crippen molar-refractivity contribution in [2.45, 2.75) is 11.5 Å². The number of nitrogens with one attached hydrogen (secondary N) is 1. The Morgan fingerprint density at radius 2 is 1.83 bits per heavy atom. The van der Waals surface area contributed by atoms with Gasteiger partial charge in [-0.3, -0.25) is 15.5 Å². The average Bonchev–Trinajstić information content (AvgIpc) is 2.89. The molecule has 182 valence electrons. The van der Waals surface area contributed by atoms with Crippen LogP contribution in [-0.2, 0) is 21.4 Å². The molecule has 0 spiro atoms. The van der Waals surface area contributed by atoms with Crippen molar-refractivity contribution in [2.24, 2.45) is 5.10 Å². The van der Waals surface area contributed by atoms with Gasteiger partial charge in [0.25, 0.3) is 5.69 Å². The van der Waals surface area contributed by atoms with Crippen LogP contribution in [0.4, 0.5) is 11.4 Å². The molecule has 1 N–H and O–H groups in total. The second kappa shape index (κ2) is 11.1. The summed E-state index contributed by atoms with van der Waals surface area (Å²) in [5, 5.41) is 15.4. The summed E-state index contributed by atoms with van der Waals surface area (Å²) in [4.78, 5) is 10.4. The minimum absolute atomic E-state index is 0.134. The van der Waals surface area contributed by atoms with Gasteiger partial charge in [0.15, 0.2) is 0 Å². The first-order chi connectivity index (χ1) is 16.9. The van der Waals surface area contributed by atoms with Gasteiger partial charge in [-0.15, -0.1) is 0 Å². The molecule has 3 aromatic rings. The first-order valence-electron chi connectivity index (χ1n) is 10.9. The van der Waals surface area contributed by atoms with Crippen molar-refractivity contribution < 1.29 is 22.8 Å². The Morgan fingerprint density at radius 1 is 1.06 bits per heavy atom.